The maximum Gasteiger partial charge on any atom is 0.128 e. The predicted molar refractivity (Wildman–Crippen MR) is 87.4 cm³/mol. The molecule has 0 heterocycles. The summed E-state index contributed by atoms with van der Waals surface area (Å²) in [4.78, 5) is 2.17. The van der Waals surface area contributed by atoms with Crippen LogP contribution in [0.4, 0.5) is 4.39 Å². The van der Waals surface area contributed by atoms with Gasteiger partial charge < -0.3 is 10.2 Å². The monoisotopic (exact) mass is 344 g/mol. The van der Waals surface area contributed by atoms with E-state index in [0.29, 0.717) is 17.5 Å². The Kier molecular flexibility index (Phi) is 7.13. The topological polar surface area (TPSA) is 15.3 Å². The number of rotatable bonds is 7. The zero-order chi connectivity index (χ0) is 15.3. The van der Waals surface area contributed by atoms with Gasteiger partial charge in [-0.2, -0.15) is 0 Å². The Morgan fingerprint density at radius 1 is 1.25 bits per heavy atom. The van der Waals surface area contributed by atoms with E-state index >= 15 is 0 Å². The molecular formula is C16H26BrFN2. The molecule has 2 nitrogen and oxygen atoms in total. The summed E-state index contributed by atoms with van der Waals surface area (Å²) in [5.41, 5.74) is 0.715. The molecule has 1 N–H and O–H groups in total. The van der Waals surface area contributed by atoms with Crippen molar-refractivity contribution in [3.05, 3.63) is 34.1 Å². The second-order valence-electron chi connectivity index (χ2n) is 6.14. The van der Waals surface area contributed by atoms with Crippen LogP contribution in [0.15, 0.2) is 22.7 Å². The van der Waals surface area contributed by atoms with Crippen molar-refractivity contribution in [1.82, 2.24) is 10.2 Å². The highest BCUT2D eigenvalue weighted by atomic mass is 79.9. The Morgan fingerprint density at radius 2 is 1.90 bits per heavy atom. The number of hydrogen-bond donors (Lipinski definition) is 1. The van der Waals surface area contributed by atoms with Crippen molar-refractivity contribution >= 4 is 15.9 Å². The van der Waals surface area contributed by atoms with Gasteiger partial charge in [0.05, 0.1) is 0 Å². The fourth-order valence-corrected chi connectivity index (χ4v) is 2.87. The summed E-state index contributed by atoms with van der Waals surface area (Å²) >= 11 is 3.41. The van der Waals surface area contributed by atoms with Crippen molar-refractivity contribution in [2.75, 3.05) is 20.6 Å². The van der Waals surface area contributed by atoms with E-state index in [4.69, 9.17) is 0 Å². The van der Waals surface area contributed by atoms with Gasteiger partial charge in [0.15, 0.2) is 0 Å². The first-order valence-electron chi connectivity index (χ1n) is 7.15. The van der Waals surface area contributed by atoms with Gasteiger partial charge in [-0.05, 0) is 51.6 Å². The van der Waals surface area contributed by atoms with Crippen molar-refractivity contribution in [3.8, 4) is 0 Å². The molecule has 0 saturated heterocycles. The average Bonchev–Trinajstić information content (AvgIpc) is 2.30. The van der Waals surface area contributed by atoms with E-state index in [-0.39, 0.29) is 11.9 Å². The summed E-state index contributed by atoms with van der Waals surface area (Å²) in [5, 5.41) is 3.56. The minimum absolute atomic E-state index is 0.00352. The summed E-state index contributed by atoms with van der Waals surface area (Å²) in [6, 6.07) is 5.46. The largest absolute Gasteiger partial charge is 0.308 e. The van der Waals surface area contributed by atoms with Crippen LogP contribution in [-0.2, 0) is 0 Å². The second-order valence-corrected chi connectivity index (χ2v) is 7.06. The molecule has 0 fully saturated rings. The van der Waals surface area contributed by atoms with Crippen molar-refractivity contribution in [3.63, 3.8) is 0 Å². The summed E-state index contributed by atoms with van der Waals surface area (Å²) in [6.07, 6.45) is 1.08. The van der Waals surface area contributed by atoms with Crippen LogP contribution < -0.4 is 5.32 Å². The molecule has 1 rings (SSSR count). The Hall–Kier alpha value is -0.450. The molecule has 1 aromatic rings. The zero-order valence-corrected chi connectivity index (χ0v) is 14.7. The molecule has 0 aliphatic rings. The molecule has 20 heavy (non-hydrogen) atoms. The number of hydrogen-bond acceptors (Lipinski definition) is 2. The maximum absolute atomic E-state index is 13.9. The minimum Gasteiger partial charge on any atom is -0.308 e. The number of benzene rings is 1. The maximum atomic E-state index is 13.9. The molecule has 0 aliphatic heterocycles. The van der Waals surface area contributed by atoms with Gasteiger partial charge in [-0.3, -0.25) is 0 Å². The van der Waals surface area contributed by atoms with E-state index < -0.39 is 0 Å². The van der Waals surface area contributed by atoms with E-state index in [1.165, 1.54) is 6.07 Å². The SMILES string of the molecule is CC(C)CC(CN(C)C)NC(C)c1cc(Br)ccc1F. The molecule has 0 saturated carbocycles. The van der Waals surface area contributed by atoms with E-state index in [0.717, 1.165) is 17.4 Å². The van der Waals surface area contributed by atoms with Crippen LogP contribution in [-0.4, -0.2) is 31.6 Å². The molecule has 0 bridgehead atoms. The normalized spacial score (nSPS) is 14.8. The zero-order valence-electron chi connectivity index (χ0n) is 13.1. The highest BCUT2D eigenvalue weighted by Gasteiger charge is 2.18. The first-order chi connectivity index (χ1) is 9.29. The summed E-state index contributed by atoms with van der Waals surface area (Å²) in [5.74, 6) is 0.466. The van der Waals surface area contributed by atoms with Crippen LogP contribution in [0.25, 0.3) is 0 Å². The number of likely N-dealkylation sites (N-methyl/N-ethyl adjacent to an activating group) is 1. The molecule has 0 radical (unpaired) electrons. The van der Waals surface area contributed by atoms with Crippen LogP contribution in [0.3, 0.4) is 0 Å². The van der Waals surface area contributed by atoms with E-state index in [9.17, 15) is 4.39 Å². The molecule has 2 unspecified atom stereocenters. The highest BCUT2D eigenvalue weighted by molar-refractivity contribution is 9.10. The summed E-state index contributed by atoms with van der Waals surface area (Å²) in [7, 11) is 4.14. The lowest BCUT2D eigenvalue weighted by Gasteiger charge is -2.28. The predicted octanol–water partition coefficient (Wildman–Crippen LogP) is 4.22. The van der Waals surface area contributed by atoms with Crippen LogP contribution in [0.1, 0.15) is 38.8 Å². The molecule has 0 aliphatic carbocycles. The highest BCUT2D eigenvalue weighted by Crippen LogP contribution is 2.22. The standard InChI is InChI=1S/C16H26BrFN2/c1-11(2)8-14(10-20(4)5)19-12(3)15-9-13(17)6-7-16(15)18/h6-7,9,11-12,14,19H,8,10H2,1-5H3. The molecule has 0 aromatic heterocycles. The van der Waals surface area contributed by atoms with Gasteiger partial charge in [0.25, 0.3) is 0 Å². The van der Waals surface area contributed by atoms with Crippen LogP contribution in [0.5, 0.6) is 0 Å². The Labute approximate surface area is 130 Å². The third-order valence-corrected chi connectivity index (χ3v) is 3.74. The van der Waals surface area contributed by atoms with Crippen LogP contribution in [0.2, 0.25) is 0 Å². The van der Waals surface area contributed by atoms with Crippen LogP contribution in [0, 0.1) is 11.7 Å². The van der Waals surface area contributed by atoms with Gasteiger partial charge in [0, 0.05) is 28.7 Å². The number of nitrogens with zero attached hydrogens (tertiary/aromatic N) is 1. The van der Waals surface area contributed by atoms with Gasteiger partial charge in [-0.15, -0.1) is 0 Å². The van der Waals surface area contributed by atoms with Gasteiger partial charge in [0.1, 0.15) is 5.82 Å². The van der Waals surface area contributed by atoms with Crippen molar-refractivity contribution in [2.45, 2.75) is 39.3 Å². The molecule has 4 heteroatoms. The fourth-order valence-electron chi connectivity index (χ4n) is 2.49. The minimum atomic E-state index is -0.152. The first kappa shape index (κ1) is 17.6. The van der Waals surface area contributed by atoms with Crippen molar-refractivity contribution in [1.29, 1.82) is 0 Å². The Balaban J connectivity index is 2.78. The van der Waals surface area contributed by atoms with E-state index in [2.05, 4.69) is 54.1 Å². The summed E-state index contributed by atoms with van der Waals surface area (Å²) in [6.45, 7) is 7.41. The van der Waals surface area contributed by atoms with Gasteiger partial charge in [-0.25, -0.2) is 4.39 Å². The molecule has 0 amide bonds. The third-order valence-electron chi connectivity index (χ3n) is 3.25. The molecule has 0 spiro atoms. The molecule has 2 atom stereocenters. The average molecular weight is 345 g/mol. The van der Waals surface area contributed by atoms with Crippen molar-refractivity contribution < 1.29 is 4.39 Å². The molecular weight excluding hydrogens is 319 g/mol. The van der Waals surface area contributed by atoms with Gasteiger partial charge in [-0.1, -0.05) is 29.8 Å². The fraction of sp³-hybridized carbons (Fsp3) is 0.625. The van der Waals surface area contributed by atoms with E-state index in [1.807, 2.05) is 13.0 Å². The lowest BCUT2D eigenvalue weighted by molar-refractivity contribution is 0.289. The van der Waals surface area contributed by atoms with Gasteiger partial charge >= 0.3 is 0 Å². The van der Waals surface area contributed by atoms with Crippen LogP contribution >= 0.6 is 15.9 Å². The number of halogens is 2. The Bertz CT molecular complexity index is 411. The quantitative estimate of drug-likeness (QED) is 0.796. The van der Waals surface area contributed by atoms with Gasteiger partial charge in [0.2, 0.25) is 0 Å². The van der Waals surface area contributed by atoms with Crippen molar-refractivity contribution in [2.24, 2.45) is 5.92 Å². The molecule has 1 aromatic carbocycles. The lowest BCUT2D eigenvalue weighted by atomic mass is 10.0. The number of nitrogens with one attached hydrogen (secondary N) is 1. The first-order valence-corrected chi connectivity index (χ1v) is 7.94. The lowest BCUT2D eigenvalue weighted by Crippen LogP contribution is -2.40. The summed E-state index contributed by atoms with van der Waals surface area (Å²) < 4.78 is 14.8. The van der Waals surface area contributed by atoms with E-state index in [1.54, 1.807) is 6.07 Å². The Morgan fingerprint density at radius 3 is 2.45 bits per heavy atom. The second kappa shape index (κ2) is 8.11. The smallest absolute Gasteiger partial charge is 0.128 e. The molecule has 114 valence electrons. The third kappa shape index (κ3) is 5.90.